The number of aromatic nitrogens is 1. The highest BCUT2D eigenvalue weighted by Crippen LogP contribution is 2.32. The Balaban J connectivity index is 1.70. The molecule has 21 heavy (non-hydrogen) atoms. The summed E-state index contributed by atoms with van der Waals surface area (Å²) in [5.74, 6) is 1.65. The lowest BCUT2D eigenvalue weighted by Crippen LogP contribution is -2.46. The van der Waals surface area contributed by atoms with Crippen molar-refractivity contribution in [1.82, 2.24) is 14.8 Å². The second kappa shape index (κ2) is 6.22. The van der Waals surface area contributed by atoms with Gasteiger partial charge < -0.3 is 9.88 Å². The maximum atomic E-state index is 12.6. The molecule has 0 radical (unpaired) electrons. The number of nitrogens with zero attached hydrogens (tertiary/aromatic N) is 2. The fourth-order valence-corrected chi connectivity index (χ4v) is 3.37. The van der Waals surface area contributed by atoms with Crippen LogP contribution < -0.4 is 0 Å². The van der Waals surface area contributed by atoms with Gasteiger partial charge in [0.15, 0.2) is 0 Å². The Morgan fingerprint density at radius 1 is 1.38 bits per heavy atom. The van der Waals surface area contributed by atoms with E-state index in [2.05, 4.69) is 23.7 Å². The molecular formula is C17H27N3O. The average Bonchev–Trinajstić information content (AvgIpc) is 3.16. The van der Waals surface area contributed by atoms with Crippen LogP contribution in [0.3, 0.4) is 0 Å². The topological polar surface area (TPSA) is 39.3 Å². The van der Waals surface area contributed by atoms with Crippen LogP contribution in [-0.2, 0) is 0 Å². The SMILES string of the molecule is CC(C)C1CN(C(=O)c2ccc[nH]2)CCCN1CC1CC1. The first-order chi connectivity index (χ1) is 10.1. The van der Waals surface area contributed by atoms with Crippen LogP contribution in [0.15, 0.2) is 18.3 Å². The lowest BCUT2D eigenvalue weighted by atomic mass is 10.0. The molecule has 1 amide bonds. The van der Waals surface area contributed by atoms with Crippen molar-refractivity contribution in [3.63, 3.8) is 0 Å². The van der Waals surface area contributed by atoms with Gasteiger partial charge in [-0.2, -0.15) is 0 Å². The summed E-state index contributed by atoms with van der Waals surface area (Å²) < 4.78 is 0. The zero-order valence-electron chi connectivity index (χ0n) is 13.2. The van der Waals surface area contributed by atoms with Gasteiger partial charge in [0.05, 0.1) is 0 Å². The molecule has 1 aromatic rings. The molecule has 0 spiro atoms. The lowest BCUT2D eigenvalue weighted by molar-refractivity contribution is 0.0699. The van der Waals surface area contributed by atoms with Crippen molar-refractivity contribution in [2.24, 2.45) is 11.8 Å². The van der Waals surface area contributed by atoms with Gasteiger partial charge in [-0.3, -0.25) is 9.69 Å². The Morgan fingerprint density at radius 3 is 2.81 bits per heavy atom. The molecule has 2 aliphatic rings. The third-order valence-electron chi connectivity index (χ3n) is 4.82. The van der Waals surface area contributed by atoms with Crippen LogP contribution in [0, 0.1) is 11.8 Å². The second-order valence-corrected chi connectivity index (χ2v) is 6.94. The monoisotopic (exact) mass is 289 g/mol. The number of nitrogens with one attached hydrogen (secondary N) is 1. The molecule has 0 aromatic carbocycles. The smallest absolute Gasteiger partial charge is 0.270 e. The van der Waals surface area contributed by atoms with E-state index in [1.807, 2.05) is 23.2 Å². The zero-order chi connectivity index (χ0) is 14.8. The summed E-state index contributed by atoms with van der Waals surface area (Å²) in [7, 11) is 0. The van der Waals surface area contributed by atoms with Crippen LogP contribution in [0.4, 0.5) is 0 Å². The van der Waals surface area contributed by atoms with E-state index in [4.69, 9.17) is 0 Å². The Hall–Kier alpha value is -1.29. The van der Waals surface area contributed by atoms with Crippen molar-refractivity contribution < 1.29 is 4.79 Å². The molecule has 4 nitrogen and oxygen atoms in total. The minimum absolute atomic E-state index is 0.152. The molecule has 1 saturated carbocycles. The third kappa shape index (κ3) is 3.49. The number of rotatable bonds is 4. The molecule has 0 bridgehead atoms. The quantitative estimate of drug-likeness (QED) is 0.925. The Morgan fingerprint density at radius 2 is 2.19 bits per heavy atom. The molecule has 1 unspecified atom stereocenters. The zero-order valence-corrected chi connectivity index (χ0v) is 13.2. The summed E-state index contributed by atoms with van der Waals surface area (Å²) in [5, 5.41) is 0. The first-order valence-electron chi connectivity index (χ1n) is 8.32. The van der Waals surface area contributed by atoms with Crippen molar-refractivity contribution in [2.45, 2.75) is 39.2 Å². The largest absolute Gasteiger partial charge is 0.357 e. The second-order valence-electron chi connectivity index (χ2n) is 6.94. The van der Waals surface area contributed by atoms with Crippen LogP contribution in [0.2, 0.25) is 0 Å². The molecular weight excluding hydrogens is 262 g/mol. The van der Waals surface area contributed by atoms with Gasteiger partial charge in [-0.15, -0.1) is 0 Å². The molecule has 1 aliphatic heterocycles. The Kier molecular flexibility index (Phi) is 4.34. The number of amides is 1. The van der Waals surface area contributed by atoms with Crippen LogP contribution in [0.1, 0.15) is 43.6 Å². The highest BCUT2D eigenvalue weighted by molar-refractivity contribution is 5.92. The van der Waals surface area contributed by atoms with E-state index in [9.17, 15) is 4.79 Å². The highest BCUT2D eigenvalue weighted by atomic mass is 16.2. The van der Waals surface area contributed by atoms with Gasteiger partial charge in [-0.25, -0.2) is 0 Å². The Labute approximate surface area is 127 Å². The molecule has 1 aliphatic carbocycles. The van der Waals surface area contributed by atoms with Crippen molar-refractivity contribution in [1.29, 1.82) is 0 Å². The van der Waals surface area contributed by atoms with E-state index < -0.39 is 0 Å². The summed E-state index contributed by atoms with van der Waals surface area (Å²) in [5.41, 5.74) is 0.716. The normalized spacial score (nSPS) is 24.3. The number of H-pyrrole nitrogens is 1. The number of carbonyl (C=O) groups is 1. The van der Waals surface area contributed by atoms with E-state index in [1.165, 1.54) is 19.4 Å². The first-order valence-corrected chi connectivity index (χ1v) is 8.32. The van der Waals surface area contributed by atoms with E-state index in [1.54, 1.807) is 0 Å². The van der Waals surface area contributed by atoms with Gasteiger partial charge in [-0.05, 0) is 43.2 Å². The van der Waals surface area contributed by atoms with Crippen molar-refractivity contribution in [2.75, 3.05) is 26.2 Å². The molecule has 2 fully saturated rings. The van der Waals surface area contributed by atoms with Crippen LogP contribution in [0.25, 0.3) is 0 Å². The molecule has 3 rings (SSSR count). The van der Waals surface area contributed by atoms with Gasteiger partial charge in [-0.1, -0.05) is 13.8 Å². The average molecular weight is 289 g/mol. The summed E-state index contributed by atoms with van der Waals surface area (Å²) in [6.45, 7) is 8.67. The first kappa shape index (κ1) is 14.6. The number of carbonyl (C=O) groups excluding carboxylic acids is 1. The molecule has 2 heterocycles. The molecule has 1 aromatic heterocycles. The number of hydrogen-bond donors (Lipinski definition) is 1. The predicted molar refractivity (Wildman–Crippen MR) is 84.2 cm³/mol. The van der Waals surface area contributed by atoms with Crippen molar-refractivity contribution in [3.05, 3.63) is 24.0 Å². The standard InChI is InChI=1S/C17H27N3O/c1-13(2)16-12-20(17(21)15-5-3-8-18-15)10-4-9-19(16)11-14-6-7-14/h3,5,8,13-14,16,18H,4,6-7,9-12H2,1-2H3. The summed E-state index contributed by atoms with van der Waals surface area (Å²) in [6, 6.07) is 4.26. The fraction of sp³-hybridized carbons (Fsp3) is 0.706. The maximum Gasteiger partial charge on any atom is 0.270 e. The lowest BCUT2D eigenvalue weighted by Gasteiger charge is -2.34. The molecule has 4 heteroatoms. The van der Waals surface area contributed by atoms with Crippen LogP contribution in [0.5, 0.6) is 0 Å². The van der Waals surface area contributed by atoms with Crippen LogP contribution in [-0.4, -0.2) is 52.9 Å². The fourth-order valence-electron chi connectivity index (χ4n) is 3.37. The minimum Gasteiger partial charge on any atom is -0.357 e. The minimum atomic E-state index is 0.152. The highest BCUT2D eigenvalue weighted by Gasteiger charge is 2.33. The predicted octanol–water partition coefficient (Wildman–Crippen LogP) is 2.60. The van der Waals surface area contributed by atoms with Gasteiger partial charge >= 0.3 is 0 Å². The molecule has 116 valence electrons. The number of aromatic amines is 1. The van der Waals surface area contributed by atoms with Crippen LogP contribution >= 0.6 is 0 Å². The van der Waals surface area contributed by atoms with Gasteiger partial charge in [0.25, 0.3) is 5.91 Å². The third-order valence-corrected chi connectivity index (χ3v) is 4.82. The van der Waals surface area contributed by atoms with E-state index in [0.29, 0.717) is 17.7 Å². The van der Waals surface area contributed by atoms with E-state index in [-0.39, 0.29) is 5.91 Å². The number of hydrogen-bond acceptors (Lipinski definition) is 2. The van der Waals surface area contributed by atoms with Gasteiger partial charge in [0.1, 0.15) is 5.69 Å². The summed E-state index contributed by atoms with van der Waals surface area (Å²) in [6.07, 6.45) is 5.70. The van der Waals surface area contributed by atoms with Gasteiger partial charge in [0.2, 0.25) is 0 Å². The molecule has 1 saturated heterocycles. The van der Waals surface area contributed by atoms with Crippen molar-refractivity contribution in [3.8, 4) is 0 Å². The summed E-state index contributed by atoms with van der Waals surface area (Å²) >= 11 is 0. The maximum absolute atomic E-state index is 12.6. The molecule has 1 N–H and O–H groups in total. The van der Waals surface area contributed by atoms with Gasteiger partial charge in [0, 0.05) is 38.4 Å². The summed E-state index contributed by atoms with van der Waals surface area (Å²) in [4.78, 5) is 20.3. The Bertz CT molecular complexity index is 464. The van der Waals surface area contributed by atoms with Crippen molar-refractivity contribution >= 4 is 5.91 Å². The molecule has 1 atom stereocenters. The van der Waals surface area contributed by atoms with E-state index in [0.717, 1.165) is 32.0 Å². The van der Waals surface area contributed by atoms with E-state index >= 15 is 0 Å².